The molecule has 2 aliphatic rings. The Bertz CT molecular complexity index is 379. The molecule has 0 aromatic heterocycles. The normalized spacial score (nSPS) is 32.4. The van der Waals surface area contributed by atoms with Gasteiger partial charge < -0.3 is 0 Å². The van der Waals surface area contributed by atoms with E-state index in [1.807, 2.05) is 0 Å². The van der Waals surface area contributed by atoms with Gasteiger partial charge in [0.25, 0.3) is 0 Å². The monoisotopic (exact) mass is 210 g/mol. The molecule has 1 saturated carbocycles. The topological polar surface area (TPSA) is 0 Å². The Balaban J connectivity index is 1.99. The van der Waals surface area contributed by atoms with Crippen LogP contribution < -0.4 is 0 Å². The standard InChI is InChI=1S/C16H18/c1-2-7-13(8-3-1)16-14-9-4-5-10-15(16)12-6-11-14/h1-5,7-10,14-16H,6,11-12H2/t14-,15-/m0/s1. The van der Waals surface area contributed by atoms with Crippen molar-refractivity contribution in [1.82, 2.24) is 0 Å². The maximum atomic E-state index is 2.41. The average Bonchev–Trinajstić information content (AvgIpc) is 2.46. The zero-order chi connectivity index (χ0) is 10.8. The lowest BCUT2D eigenvalue weighted by Crippen LogP contribution is -2.23. The molecule has 1 aromatic rings. The highest BCUT2D eigenvalue weighted by molar-refractivity contribution is 5.28. The summed E-state index contributed by atoms with van der Waals surface area (Å²) in [6.45, 7) is 0. The van der Waals surface area contributed by atoms with Crippen LogP contribution in [0.1, 0.15) is 30.7 Å². The molecule has 3 rings (SSSR count). The number of fused-ring (bicyclic) bond motifs is 2. The van der Waals surface area contributed by atoms with E-state index in [-0.39, 0.29) is 0 Å². The van der Waals surface area contributed by atoms with Crippen molar-refractivity contribution in [3.63, 3.8) is 0 Å². The Morgan fingerprint density at radius 3 is 2.06 bits per heavy atom. The number of hydrogen-bond acceptors (Lipinski definition) is 0. The van der Waals surface area contributed by atoms with Gasteiger partial charge in [0.05, 0.1) is 0 Å². The summed E-state index contributed by atoms with van der Waals surface area (Å²) in [5, 5.41) is 0. The summed E-state index contributed by atoms with van der Waals surface area (Å²) in [4.78, 5) is 0. The fourth-order valence-electron chi connectivity index (χ4n) is 3.28. The molecule has 1 fully saturated rings. The third-order valence-corrected chi connectivity index (χ3v) is 4.01. The molecule has 0 radical (unpaired) electrons. The van der Waals surface area contributed by atoms with Gasteiger partial charge in [-0.25, -0.2) is 0 Å². The Hall–Kier alpha value is -1.30. The second-order valence-electron chi connectivity index (χ2n) is 4.96. The van der Waals surface area contributed by atoms with Crippen molar-refractivity contribution in [3.8, 4) is 0 Å². The highest BCUT2D eigenvalue weighted by Gasteiger charge is 2.32. The Labute approximate surface area is 97.7 Å². The molecule has 0 aliphatic heterocycles. The van der Waals surface area contributed by atoms with Gasteiger partial charge in [-0.3, -0.25) is 0 Å². The van der Waals surface area contributed by atoms with Gasteiger partial charge in [0, 0.05) is 0 Å². The molecule has 2 aliphatic carbocycles. The van der Waals surface area contributed by atoms with Crippen LogP contribution >= 0.6 is 0 Å². The van der Waals surface area contributed by atoms with Crippen molar-refractivity contribution >= 4 is 0 Å². The van der Waals surface area contributed by atoms with Gasteiger partial charge in [-0.2, -0.15) is 0 Å². The number of hydrogen-bond donors (Lipinski definition) is 0. The third kappa shape index (κ3) is 1.73. The summed E-state index contributed by atoms with van der Waals surface area (Å²) in [5.41, 5.74) is 1.52. The highest BCUT2D eigenvalue weighted by atomic mass is 14.4. The van der Waals surface area contributed by atoms with Gasteiger partial charge in [0.1, 0.15) is 0 Å². The zero-order valence-electron chi connectivity index (χ0n) is 9.55. The largest absolute Gasteiger partial charge is 0.0808 e. The van der Waals surface area contributed by atoms with E-state index in [2.05, 4.69) is 54.6 Å². The fourth-order valence-corrected chi connectivity index (χ4v) is 3.28. The number of rotatable bonds is 1. The molecule has 0 unspecified atom stereocenters. The summed E-state index contributed by atoms with van der Waals surface area (Å²) in [6.07, 6.45) is 13.4. The quantitative estimate of drug-likeness (QED) is 0.648. The van der Waals surface area contributed by atoms with Crippen LogP contribution in [-0.2, 0) is 0 Å². The van der Waals surface area contributed by atoms with Crippen LogP contribution in [-0.4, -0.2) is 0 Å². The average molecular weight is 210 g/mol. The molecule has 0 heterocycles. The second-order valence-corrected chi connectivity index (χ2v) is 4.96. The first-order chi connectivity index (χ1) is 7.95. The molecule has 0 nitrogen and oxygen atoms in total. The van der Waals surface area contributed by atoms with Crippen molar-refractivity contribution in [3.05, 3.63) is 60.2 Å². The molecule has 0 N–H and O–H groups in total. The van der Waals surface area contributed by atoms with E-state index in [0.717, 1.165) is 11.8 Å². The lowest BCUT2D eigenvalue weighted by Gasteiger charge is -2.35. The Kier molecular flexibility index (Phi) is 2.65. The maximum Gasteiger partial charge on any atom is -0.00359 e. The minimum atomic E-state index is 0.713. The molecule has 0 saturated heterocycles. The van der Waals surface area contributed by atoms with Gasteiger partial charge in [-0.1, -0.05) is 61.1 Å². The Morgan fingerprint density at radius 2 is 1.44 bits per heavy atom. The van der Waals surface area contributed by atoms with Crippen molar-refractivity contribution in [1.29, 1.82) is 0 Å². The molecule has 82 valence electrons. The zero-order valence-corrected chi connectivity index (χ0v) is 9.55. The third-order valence-electron chi connectivity index (χ3n) is 4.01. The van der Waals surface area contributed by atoms with Crippen LogP contribution in [0.4, 0.5) is 0 Å². The molecule has 2 bridgehead atoms. The maximum absolute atomic E-state index is 2.41. The summed E-state index contributed by atoms with van der Waals surface area (Å²) < 4.78 is 0. The summed E-state index contributed by atoms with van der Waals surface area (Å²) in [6, 6.07) is 11.0. The van der Waals surface area contributed by atoms with Crippen molar-refractivity contribution < 1.29 is 0 Å². The molecular formula is C16H18. The van der Waals surface area contributed by atoms with Crippen LogP contribution in [0.5, 0.6) is 0 Å². The van der Waals surface area contributed by atoms with Gasteiger partial charge >= 0.3 is 0 Å². The molecule has 1 aromatic carbocycles. The van der Waals surface area contributed by atoms with Gasteiger partial charge in [0.2, 0.25) is 0 Å². The minimum Gasteiger partial charge on any atom is -0.0808 e. The van der Waals surface area contributed by atoms with Crippen molar-refractivity contribution in [2.75, 3.05) is 0 Å². The second kappa shape index (κ2) is 4.29. The predicted octanol–water partition coefficient (Wildman–Crippen LogP) is 4.31. The Morgan fingerprint density at radius 1 is 0.812 bits per heavy atom. The first kappa shape index (κ1) is 9.89. The molecule has 0 heteroatoms. The van der Waals surface area contributed by atoms with E-state index in [4.69, 9.17) is 0 Å². The molecular weight excluding hydrogens is 192 g/mol. The van der Waals surface area contributed by atoms with E-state index in [9.17, 15) is 0 Å². The number of allylic oxidation sites excluding steroid dienone is 4. The first-order valence-corrected chi connectivity index (χ1v) is 6.35. The molecule has 16 heavy (non-hydrogen) atoms. The van der Waals surface area contributed by atoms with Crippen LogP contribution in [0.2, 0.25) is 0 Å². The summed E-state index contributed by atoms with van der Waals surface area (Å²) in [7, 11) is 0. The van der Waals surface area contributed by atoms with Crippen LogP contribution in [0.15, 0.2) is 54.6 Å². The van der Waals surface area contributed by atoms with E-state index < -0.39 is 0 Å². The molecule has 0 spiro atoms. The van der Waals surface area contributed by atoms with Crippen LogP contribution in [0.3, 0.4) is 0 Å². The van der Waals surface area contributed by atoms with E-state index in [1.165, 1.54) is 24.8 Å². The van der Waals surface area contributed by atoms with E-state index in [1.54, 1.807) is 0 Å². The SMILES string of the molecule is C1=C[C@H]2CCC[C@H](C=C1)C2c1ccccc1. The van der Waals surface area contributed by atoms with Crippen molar-refractivity contribution in [2.24, 2.45) is 11.8 Å². The first-order valence-electron chi connectivity index (χ1n) is 6.35. The number of benzene rings is 1. The lowest BCUT2D eigenvalue weighted by atomic mass is 9.69. The smallest absolute Gasteiger partial charge is 0.00359 e. The van der Waals surface area contributed by atoms with E-state index >= 15 is 0 Å². The molecule has 2 atom stereocenters. The van der Waals surface area contributed by atoms with Crippen LogP contribution in [0, 0.1) is 11.8 Å². The molecule has 0 amide bonds. The van der Waals surface area contributed by atoms with E-state index in [0.29, 0.717) is 5.92 Å². The van der Waals surface area contributed by atoms with Crippen LogP contribution in [0.25, 0.3) is 0 Å². The fraction of sp³-hybridized carbons (Fsp3) is 0.375. The van der Waals surface area contributed by atoms with Crippen molar-refractivity contribution in [2.45, 2.75) is 25.2 Å². The van der Waals surface area contributed by atoms with Gasteiger partial charge in [0.15, 0.2) is 0 Å². The highest BCUT2D eigenvalue weighted by Crippen LogP contribution is 2.44. The summed E-state index contributed by atoms with van der Waals surface area (Å²) >= 11 is 0. The summed E-state index contributed by atoms with van der Waals surface area (Å²) in [5.74, 6) is 2.21. The predicted molar refractivity (Wildman–Crippen MR) is 68.3 cm³/mol. The van der Waals surface area contributed by atoms with Gasteiger partial charge in [-0.15, -0.1) is 0 Å². The minimum absolute atomic E-state index is 0.713. The van der Waals surface area contributed by atoms with Gasteiger partial charge in [-0.05, 0) is 36.2 Å². The lowest BCUT2D eigenvalue weighted by molar-refractivity contribution is 0.299.